The van der Waals surface area contributed by atoms with Gasteiger partial charge in [-0.25, -0.2) is 0 Å². The van der Waals surface area contributed by atoms with Crippen LogP contribution in [-0.4, -0.2) is 31.3 Å². The quantitative estimate of drug-likeness (QED) is 0.716. The lowest BCUT2D eigenvalue weighted by atomic mass is 10.2. The van der Waals surface area contributed by atoms with Gasteiger partial charge in [0.1, 0.15) is 0 Å². The zero-order chi connectivity index (χ0) is 14.3. The summed E-state index contributed by atoms with van der Waals surface area (Å²) in [6.07, 6.45) is 0.107. The molecule has 1 aromatic rings. The summed E-state index contributed by atoms with van der Waals surface area (Å²) in [5, 5.41) is 11.6. The lowest BCUT2D eigenvalue weighted by Gasteiger charge is -2.13. The average Bonchev–Trinajstić information content (AvgIpc) is 2.35. The van der Waals surface area contributed by atoms with E-state index in [9.17, 15) is 4.79 Å². The fourth-order valence-corrected chi connectivity index (χ4v) is 2.26. The van der Waals surface area contributed by atoms with Gasteiger partial charge in [-0.1, -0.05) is 0 Å². The SMILES string of the molecule is CCOc1cc(CNCCC(=O)O)cc(Br)c1OC. The van der Waals surface area contributed by atoms with E-state index in [4.69, 9.17) is 14.6 Å². The minimum absolute atomic E-state index is 0.107. The molecule has 0 saturated carbocycles. The number of halogens is 1. The Hall–Kier alpha value is -1.27. The van der Waals surface area contributed by atoms with Crippen LogP contribution in [0, 0.1) is 0 Å². The fraction of sp³-hybridized carbons (Fsp3) is 0.462. The molecule has 0 spiro atoms. The highest BCUT2D eigenvalue weighted by atomic mass is 79.9. The van der Waals surface area contributed by atoms with Gasteiger partial charge in [0.2, 0.25) is 0 Å². The third kappa shape index (κ3) is 5.08. The fourth-order valence-electron chi connectivity index (χ4n) is 1.61. The topological polar surface area (TPSA) is 67.8 Å². The lowest BCUT2D eigenvalue weighted by Crippen LogP contribution is -2.17. The van der Waals surface area contributed by atoms with Crippen molar-refractivity contribution in [3.63, 3.8) is 0 Å². The first-order valence-corrected chi connectivity index (χ1v) is 6.79. The number of rotatable bonds is 8. The van der Waals surface area contributed by atoms with Crippen molar-refractivity contribution in [1.82, 2.24) is 5.32 Å². The maximum Gasteiger partial charge on any atom is 0.304 e. The Morgan fingerprint density at radius 2 is 2.21 bits per heavy atom. The Kier molecular flexibility index (Phi) is 6.66. The van der Waals surface area contributed by atoms with Crippen molar-refractivity contribution < 1.29 is 19.4 Å². The van der Waals surface area contributed by atoms with E-state index in [1.54, 1.807) is 7.11 Å². The van der Waals surface area contributed by atoms with E-state index in [-0.39, 0.29) is 6.42 Å². The average molecular weight is 332 g/mol. The van der Waals surface area contributed by atoms with Crippen LogP contribution < -0.4 is 14.8 Å². The molecule has 0 fully saturated rings. The zero-order valence-electron chi connectivity index (χ0n) is 11.0. The Morgan fingerprint density at radius 1 is 1.47 bits per heavy atom. The van der Waals surface area contributed by atoms with Gasteiger partial charge < -0.3 is 19.9 Å². The molecular weight excluding hydrogens is 314 g/mol. The predicted octanol–water partition coefficient (Wildman–Crippen LogP) is 2.42. The van der Waals surface area contributed by atoms with E-state index in [0.29, 0.717) is 31.2 Å². The van der Waals surface area contributed by atoms with Crippen molar-refractivity contribution >= 4 is 21.9 Å². The molecule has 0 unspecified atom stereocenters. The molecule has 2 N–H and O–H groups in total. The Balaban J connectivity index is 2.71. The predicted molar refractivity (Wildman–Crippen MR) is 75.8 cm³/mol. The van der Waals surface area contributed by atoms with Crippen molar-refractivity contribution in [1.29, 1.82) is 0 Å². The van der Waals surface area contributed by atoms with Gasteiger partial charge in [0.05, 0.1) is 24.6 Å². The van der Waals surface area contributed by atoms with Gasteiger partial charge in [-0.05, 0) is 40.5 Å². The number of methoxy groups -OCH3 is 1. The molecule has 0 aliphatic heterocycles. The number of carbonyl (C=O) groups is 1. The van der Waals surface area contributed by atoms with Crippen LogP contribution >= 0.6 is 15.9 Å². The summed E-state index contributed by atoms with van der Waals surface area (Å²) in [5.41, 5.74) is 1.00. The number of carboxylic acid groups (broad SMARTS) is 1. The molecule has 6 heteroatoms. The maximum atomic E-state index is 10.4. The molecular formula is C13H18BrNO4. The van der Waals surface area contributed by atoms with Crippen LogP contribution in [0.2, 0.25) is 0 Å². The second kappa shape index (κ2) is 8.01. The van der Waals surface area contributed by atoms with Crippen LogP contribution in [0.15, 0.2) is 16.6 Å². The summed E-state index contributed by atoms with van der Waals surface area (Å²) < 4.78 is 11.6. The Bertz CT molecular complexity index is 437. The molecule has 19 heavy (non-hydrogen) atoms. The maximum absolute atomic E-state index is 10.4. The van der Waals surface area contributed by atoms with Crippen LogP contribution in [0.5, 0.6) is 11.5 Å². The van der Waals surface area contributed by atoms with Crippen LogP contribution in [0.1, 0.15) is 18.9 Å². The molecule has 0 radical (unpaired) electrons. The van der Waals surface area contributed by atoms with E-state index in [2.05, 4.69) is 21.2 Å². The zero-order valence-corrected chi connectivity index (χ0v) is 12.6. The van der Waals surface area contributed by atoms with Crippen molar-refractivity contribution in [2.75, 3.05) is 20.3 Å². The molecule has 1 rings (SSSR count). The molecule has 106 valence electrons. The summed E-state index contributed by atoms with van der Waals surface area (Å²) in [7, 11) is 1.59. The third-order valence-electron chi connectivity index (χ3n) is 2.42. The van der Waals surface area contributed by atoms with Gasteiger partial charge in [0.15, 0.2) is 11.5 Å². The lowest BCUT2D eigenvalue weighted by molar-refractivity contribution is -0.136. The molecule has 0 heterocycles. The molecule has 0 bridgehead atoms. The Labute approximate surface area is 121 Å². The van der Waals surface area contributed by atoms with Gasteiger partial charge in [-0.2, -0.15) is 0 Å². The van der Waals surface area contributed by atoms with Gasteiger partial charge in [-0.15, -0.1) is 0 Å². The standard InChI is InChI=1S/C13H18BrNO4/c1-3-19-11-7-9(6-10(14)13(11)18-2)8-15-5-4-12(16)17/h6-7,15H,3-5,8H2,1-2H3,(H,16,17). The number of nitrogens with one attached hydrogen (secondary N) is 1. The van der Waals surface area contributed by atoms with Crippen molar-refractivity contribution in [2.24, 2.45) is 0 Å². The molecule has 5 nitrogen and oxygen atoms in total. The molecule has 0 atom stereocenters. The second-order valence-electron chi connectivity index (χ2n) is 3.86. The number of benzene rings is 1. The number of ether oxygens (including phenoxy) is 2. The van der Waals surface area contributed by atoms with E-state index < -0.39 is 5.97 Å². The van der Waals surface area contributed by atoms with Gasteiger partial charge >= 0.3 is 5.97 Å². The number of aliphatic carboxylic acids is 1. The minimum Gasteiger partial charge on any atom is -0.492 e. The highest BCUT2D eigenvalue weighted by Crippen LogP contribution is 2.36. The summed E-state index contributed by atoms with van der Waals surface area (Å²) in [6.45, 7) is 3.47. The summed E-state index contributed by atoms with van der Waals surface area (Å²) >= 11 is 3.43. The highest BCUT2D eigenvalue weighted by molar-refractivity contribution is 9.10. The molecule has 1 aromatic carbocycles. The number of hydrogen-bond acceptors (Lipinski definition) is 4. The van der Waals surface area contributed by atoms with E-state index in [1.165, 1.54) is 0 Å². The van der Waals surface area contributed by atoms with Crippen molar-refractivity contribution in [3.8, 4) is 11.5 Å². The molecule has 0 amide bonds. The van der Waals surface area contributed by atoms with Gasteiger partial charge in [-0.3, -0.25) is 4.79 Å². The van der Waals surface area contributed by atoms with Crippen LogP contribution in [0.4, 0.5) is 0 Å². The van der Waals surface area contributed by atoms with E-state index >= 15 is 0 Å². The Morgan fingerprint density at radius 3 is 2.79 bits per heavy atom. The highest BCUT2D eigenvalue weighted by Gasteiger charge is 2.10. The molecule has 0 aliphatic carbocycles. The van der Waals surface area contributed by atoms with Crippen molar-refractivity contribution in [3.05, 3.63) is 22.2 Å². The first-order valence-electron chi connectivity index (χ1n) is 6.00. The van der Waals surface area contributed by atoms with Crippen LogP contribution in [0.25, 0.3) is 0 Å². The third-order valence-corrected chi connectivity index (χ3v) is 3.01. The van der Waals surface area contributed by atoms with E-state index in [0.717, 1.165) is 10.0 Å². The summed E-state index contributed by atoms with van der Waals surface area (Å²) in [5.74, 6) is 0.531. The second-order valence-corrected chi connectivity index (χ2v) is 4.72. The summed E-state index contributed by atoms with van der Waals surface area (Å²) in [4.78, 5) is 10.4. The summed E-state index contributed by atoms with van der Waals surface area (Å²) in [6, 6.07) is 3.82. The van der Waals surface area contributed by atoms with Crippen molar-refractivity contribution in [2.45, 2.75) is 19.9 Å². The molecule has 0 aliphatic rings. The van der Waals surface area contributed by atoms with Crippen LogP contribution in [0.3, 0.4) is 0 Å². The van der Waals surface area contributed by atoms with Gasteiger partial charge in [0, 0.05) is 13.1 Å². The van der Waals surface area contributed by atoms with Gasteiger partial charge in [0.25, 0.3) is 0 Å². The molecule has 0 saturated heterocycles. The van der Waals surface area contributed by atoms with Crippen LogP contribution in [-0.2, 0) is 11.3 Å². The molecule has 0 aromatic heterocycles. The van der Waals surface area contributed by atoms with E-state index in [1.807, 2.05) is 19.1 Å². The smallest absolute Gasteiger partial charge is 0.304 e. The first kappa shape index (κ1) is 15.8. The number of carboxylic acids is 1. The first-order chi connectivity index (χ1) is 9.08. The minimum atomic E-state index is -0.807. The normalized spacial score (nSPS) is 10.3. The number of hydrogen-bond donors (Lipinski definition) is 2. The monoisotopic (exact) mass is 331 g/mol. The largest absolute Gasteiger partial charge is 0.492 e.